The van der Waals surface area contributed by atoms with Crippen LogP contribution >= 0.6 is 0 Å². The highest BCUT2D eigenvalue weighted by molar-refractivity contribution is 6.77. The van der Waals surface area contributed by atoms with Crippen LogP contribution in [0, 0.1) is 0 Å². The standard InChI is InChI=1S/C23H36N2OSi/c1-18(2)27(19(3)4,20(5)6)26-17-15-23-12-9-11-22(25-23)14-13-21-10-7-8-16-24-21/h7-12,16,18-20H,13-15,17H2,1-6H3. The molecule has 2 rings (SSSR count). The maximum Gasteiger partial charge on any atom is 0.200 e. The first-order valence-electron chi connectivity index (χ1n) is 10.3. The van der Waals surface area contributed by atoms with E-state index in [-0.39, 0.29) is 0 Å². The van der Waals surface area contributed by atoms with E-state index in [1.165, 1.54) is 0 Å². The Balaban J connectivity index is 1.95. The van der Waals surface area contributed by atoms with Crippen LogP contribution in [0.2, 0.25) is 16.6 Å². The van der Waals surface area contributed by atoms with Gasteiger partial charge in [0.2, 0.25) is 0 Å². The Morgan fingerprint density at radius 1 is 0.741 bits per heavy atom. The Hall–Kier alpha value is -1.52. The van der Waals surface area contributed by atoms with Crippen LogP contribution in [-0.4, -0.2) is 24.9 Å². The Bertz CT molecular complexity index is 664. The highest BCUT2D eigenvalue weighted by Gasteiger charge is 2.44. The predicted octanol–water partition coefficient (Wildman–Crippen LogP) is 6.00. The normalized spacial score (nSPS) is 12.3. The van der Waals surface area contributed by atoms with Crippen LogP contribution in [0.3, 0.4) is 0 Å². The summed E-state index contributed by atoms with van der Waals surface area (Å²) in [5, 5.41) is 0. The average Bonchev–Trinajstić information content (AvgIpc) is 2.64. The molecular weight excluding hydrogens is 348 g/mol. The average molecular weight is 385 g/mol. The van der Waals surface area contributed by atoms with Gasteiger partial charge in [-0.2, -0.15) is 0 Å². The largest absolute Gasteiger partial charge is 0.416 e. The third-order valence-corrected chi connectivity index (χ3v) is 11.8. The molecule has 0 atom stereocenters. The molecular formula is C23H36N2OSi. The summed E-state index contributed by atoms with van der Waals surface area (Å²) in [6.07, 6.45) is 4.59. The van der Waals surface area contributed by atoms with Gasteiger partial charge in [0.1, 0.15) is 0 Å². The van der Waals surface area contributed by atoms with Gasteiger partial charge >= 0.3 is 0 Å². The van der Waals surface area contributed by atoms with Crippen LogP contribution in [0.1, 0.15) is 58.6 Å². The van der Waals surface area contributed by atoms with Crippen LogP contribution in [0.4, 0.5) is 0 Å². The molecule has 0 spiro atoms. The van der Waals surface area contributed by atoms with Crippen molar-refractivity contribution in [3.8, 4) is 0 Å². The first-order valence-corrected chi connectivity index (χ1v) is 12.5. The lowest BCUT2D eigenvalue weighted by Crippen LogP contribution is -2.48. The molecule has 0 aromatic carbocycles. The minimum Gasteiger partial charge on any atom is -0.416 e. The molecule has 0 fully saturated rings. The van der Waals surface area contributed by atoms with Crippen molar-refractivity contribution >= 4 is 8.32 Å². The molecule has 148 valence electrons. The second-order valence-electron chi connectivity index (χ2n) is 8.36. The summed E-state index contributed by atoms with van der Waals surface area (Å²) in [7, 11) is -1.79. The van der Waals surface area contributed by atoms with Crippen molar-refractivity contribution < 1.29 is 4.43 Å². The van der Waals surface area contributed by atoms with Crippen LogP contribution < -0.4 is 0 Å². The van der Waals surface area contributed by atoms with Gasteiger partial charge in [0, 0.05) is 36.3 Å². The van der Waals surface area contributed by atoms with Crippen molar-refractivity contribution in [2.24, 2.45) is 0 Å². The maximum absolute atomic E-state index is 6.68. The van der Waals surface area contributed by atoms with Gasteiger partial charge < -0.3 is 4.43 Å². The number of aryl methyl sites for hydroxylation is 2. The Morgan fingerprint density at radius 3 is 1.85 bits per heavy atom. The van der Waals surface area contributed by atoms with Gasteiger partial charge in [-0.3, -0.25) is 9.97 Å². The number of hydrogen-bond acceptors (Lipinski definition) is 3. The highest BCUT2D eigenvalue weighted by Crippen LogP contribution is 2.42. The number of aromatic nitrogens is 2. The van der Waals surface area contributed by atoms with E-state index in [2.05, 4.69) is 70.8 Å². The van der Waals surface area contributed by atoms with E-state index in [4.69, 9.17) is 9.41 Å². The number of nitrogens with zero attached hydrogens (tertiary/aromatic N) is 2. The minimum absolute atomic E-state index is 0.621. The lowest BCUT2D eigenvalue weighted by atomic mass is 10.1. The quantitative estimate of drug-likeness (QED) is 0.471. The molecule has 0 saturated heterocycles. The predicted molar refractivity (Wildman–Crippen MR) is 117 cm³/mol. The number of pyridine rings is 2. The molecule has 2 heterocycles. The van der Waals surface area contributed by atoms with Crippen LogP contribution in [0.5, 0.6) is 0 Å². The van der Waals surface area contributed by atoms with E-state index in [9.17, 15) is 0 Å². The van der Waals surface area contributed by atoms with Crippen molar-refractivity contribution in [3.05, 3.63) is 59.7 Å². The van der Waals surface area contributed by atoms with Crippen LogP contribution in [0.15, 0.2) is 42.6 Å². The molecule has 2 aromatic rings. The summed E-state index contributed by atoms with van der Waals surface area (Å²) < 4.78 is 6.68. The monoisotopic (exact) mass is 384 g/mol. The first-order chi connectivity index (χ1) is 12.9. The molecule has 0 bridgehead atoms. The van der Waals surface area contributed by atoms with E-state index < -0.39 is 8.32 Å². The third-order valence-electron chi connectivity index (χ3n) is 5.65. The van der Waals surface area contributed by atoms with Gasteiger partial charge in [-0.05, 0) is 53.7 Å². The Kier molecular flexibility index (Phi) is 8.18. The molecule has 0 aliphatic rings. The van der Waals surface area contributed by atoms with Gasteiger partial charge in [0.15, 0.2) is 8.32 Å². The van der Waals surface area contributed by atoms with Crippen LogP contribution in [-0.2, 0) is 23.7 Å². The maximum atomic E-state index is 6.68. The minimum atomic E-state index is -1.79. The summed E-state index contributed by atoms with van der Waals surface area (Å²) in [5.74, 6) is 0. The van der Waals surface area contributed by atoms with Crippen molar-refractivity contribution in [2.75, 3.05) is 6.61 Å². The molecule has 0 aliphatic heterocycles. The van der Waals surface area contributed by atoms with Crippen molar-refractivity contribution in [1.29, 1.82) is 0 Å². The highest BCUT2D eigenvalue weighted by atomic mass is 28.4. The Morgan fingerprint density at radius 2 is 1.30 bits per heavy atom. The van der Waals surface area contributed by atoms with E-state index >= 15 is 0 Å². The summed E-state index contributed by atoms with van der Waals surface area (Å²) in [6, 6.07) is 12.4. The van der Waals surface area contributed by atoms with Gasteiger partial charge in [-0.25, -0.2) is 0 Å². The molecule has 27 heavy (non-hydrogen) atoms. The zero-order chi connectivity index (χ0) is 19.9. The summed E-state index contributed by atoms with van der Waals surface area (Å²) in [4.78, 5) is 9.25. The zero-order valence-corrected chi connectivity index (χ0v) is 18.9. The lowest BCUT2D eigenvalue weighted by Gasteiger charge is -2.42. The molecule has 0 aliphatic carbocycles. The number of hydrogen-bond donors (Lipinski definition) is 0. The van der Waals surface area contributed by atoms with Crippen LogP contribution in [0.25, 0.3) is 0 Å². The summed E-state index contributed by atoms with van der Waals surface area (Å²) in [6.45, 7) is 14.8. The molecule has 0 unspecified atom stereocenters. The van der Waals surface area contributed by atoms with E-state index in [1.54, 1.807) is 0 Å². The molecule has 0 amide bonds. The molecule has 0 radical (unpaired) electrons. The second kappa shape index (κ2) is 10.1. The van der Waals surface area contributed by atoms with Gasteiger partial charge in [0.05, 0.1) is 0 Å². The van der Waals surface area contributed by atoms with E-state index in [0.29, 0.717) is 16.6 Å². The molecule has 0 N–H and O–H groups in total. The third kappa shape index (κ3) is 5.72. The van der Waals surface area contributed by atoms with Crippen molar-refractivity contribution in [2.45, 2.75) is 77.4 Å². The second-order valence-corrected chi connectivity index (χ2v) is 13.8. The topological polar surface area (TPSA) is 35.0 Å². The summed E-state index contributed by atoms with van der Waals surface area (Å²) >= 11 is 0. The molecule has 0 saturated carbocycles. The Labute approximate surface area is 166 Å². The molecule has 4 heteroatoms. The SMILES string of the molecule is CC(C)[Si](OCCc1cccc(CCc2ccccn2)n1)(C(C)C)C(C)C. The van der Waals surface area contributed by atoms with E-state index in [0.717, 1.165) is 43.0 Å². The fourth-order valence-electron chi connectivity index (χ4n) is 4.44. The first kappa shape index (κ1) is 21.8. The zero-order valence-electron chi connectivity index (χ0n) is 17.9. The van der Waals surface area contributed by atoms with Gasteiger partial charge in [0.25, 0.3) is 0 Å². The fraction of sp³-hybridized carbons (Fsp3) is 0.565. The molecule has 3 nitrogen and oxygen atoms in total. The lowest BCUT2D eigenvalue weighted by molar-refractivity contribution is 0.280. The molecule has 2 aromatic heterocycles. The van der Waals surface area contributed by atoms with Crippen molar-refractivity contribution in [3.63, 3.8) is 0 Å². The summed E-state index contributed by atoms with van der Waals surface area (Å²) in [5.41, 5.74) is 5.25. The fourth-order valence-corrected chi connectivity index (χ4v) is 9.90. The van der Waals surface area contributed by atoms with Gasteiger partial charge in [-0.1, -0.05) is 53.7 Å². The van der Waals surface area contributed by atoms with E-state index in [1.807, 2.05) is 18.3 Å². The number of rotatable bonds is 10. The van der Waals surface area contributed by atoms with Gasteiger partial charge in [-0.15, -0.1) is 0 Å². The van der Waals surface area contributed by atoms with Crippen molar-refractivity contribution in [1.82, 2.24) is 9.97 Å². The smallest absolute Gasteiger partial charge is 0.200 e.